The number of allylic oxidation sites excluding steroid dienone is 1. The highest BCUT2D eigenvalue weighted by Crippen LogP contribution is 2.37. The third kappa shape index (κ3) is 5.84. The molecule has 216 valence electrons. The second kappa shape index (κ2) is 12.7. The van der Waals surface area contributed by atoms with E-state index in [0.29, 0.717) is 49.5 Å². The first-order valence-electron chi connectivity index (χ1n) is 13.2. The lowest BCUT2D eigenvalue weighted by Crippen LogP contribution is -2.40. The average Bonchev–Trinajstić information content (AvgIpc) is 3.30. The Balaban J connectivity index is 1.63. The average molecular weight is 605 g/mol. The van der Waals surface area contributed by atoms with E-state index in [2.05, 4.69) is 4.99 Å². The number of methoxy groups -OCH3 is 2. The van der Waals surface area contributed by atoms with Gasteiger partial charge in [-0.1, -0.05) is 53.3 Å². The van der Waals surface area contributed by atoms with Gasteiger partial charge in [-0.25, -0.2) is 9.79 Å². The van der Waals surface area contributed by atoms with Crippen molar-refractivity contribution in [2.24, 2.45) is 4.99 Å². The first-order valence-corrected chi connectivity index (χ1v) is 14.4. The van der Waals surface area contributed by atoms with Gasteiger partial charge in [-0.05, 0) is 55.8 Å². The summed E-state index contributed by atoms with van der Waals surface area (Å²) < 4.78 is 24.5. The number of nitrogens with zero attached hydrogens (tertiary/aromatic N) is 2. The van der Waals surface area contributed by atoms with Crippen LogP contribution in [-0.4, -0.2) is 31.4 Å². The molecule has 5 rings (SSSR count). The Bertz CT molecular complexity index is 1840. The molecule has 1 atom stereocenters. The van der Waals surface area contributed by atoms with Gasteiger partial charge in [-0.2, -0.15) is 0 Å². The van der Waals surface area contributed by atoms with E-state index in [0.717, 1.165) is 11.1 Å². The summed E-state index contributed by atoms with van der Waals surface area (Å²) in [5.41, 5.74) is 2.74. The van der Waals surface area contributed by atoms with E-state index < -0.39 is 12.0 Å². The van der Waals surface area contributed by atoms with Gasteiger partial charge in [0.25, 0.3) is 5.56 Å². The molecule has 0 N–H and O–H groups in total. The van der Waals surface area contributed by atoms with Crippen LogP contribution in [0.25, 0.3) is 6.08 Å². The molecule has 0 bridgehead atoms. The molecule has 8 nitrogen and oxygen atoms in total. The van der Waals surface area contributed by atoms with Crippen molar-refractivity contribution >= 4 is 35.0 Å². The quantitative estimate of drug-likeness (QED) is 0.249. The molecular formula is C32H29ClN2O6S. The van der Waals surface area contributed by atoms with Crippen LogP contribution in [0.15, 0.2) is 87.8 Å². The number of fused-ring (bicyclic) bond motifs is 1. The summed E-state index contributed by atoms with van der Waals surface area (Å²) in [6, 6.07) is 19.4. The van der Waals surface area contributed by atoms with Crippen LogP contribution < -0.4 is 29.1 Å². The van der Waals surface area contributed by atoms with Crippen LogP contribution in [0.2, 0.25) is 5.02 Å². The van der Waals surface area contributed by atoms with Gasteiger partial charge in [0.1, 0.15) is 29.9 Å². The molecule has 0 saturated carbocycles. The molecule has 1 aromatic heterocycles. The highest BCUT2D eigenvalue weighted by molar-refractivity contribution is 7.07. The maximum absolute atomic E-state index is 14.1. The zero-order chi connectivity index (χ0) is 29.8. The summed E-state index contributed by atoms with van der Waals surface area (Å²) in [7, 11) is 3.09. The third-order valence-electron chi connectivity index (χ3n) is 6.77. The van der Waals surface area contributed by atoms with Crippen LogP contribution in [0.1, 0.15) is 36.6 Å². The molecule has 0 spiro atoms. The predicted molar refractivity (Wildman–Crippen MR) is 162 cm³/mol. The van der Waals surface area contributed by atoms with Crippen LogP contribution in [0.3, 0.4) is 0 Å². The summed E-state index contributed by atoms with van der Waals surface area (Å²) in [6.45, 7) is 3.99. The van der Waals surface area contributed by atoms with E-state index >= 15 is 0 Å². The maximum Gasteiger partial charge on any atom is 0.338 e. The van der Waals surface area contributed by atoms with Crippen molar-refractivity contribution in [1.29, 1.82) is 0 Å². The van der Waals surface area contributed by atoms with Crippen molar-refractivity contribution in [2.75, 3.05) is 20.8 Å². The Morgan fingerprint density at radius 1 is 1.05 bits per heavy atom. The standard InChI is InChI=1S/C32H29ClN2O6S/c1-5-40-31(37)28-19(2)34-32-35(29(28)24-15-14-23(38-3)17-26(24)39-4)30(36)27(42-32)16-21-8-6-7-9-25(21)41-18-20-10-12-22(33)13-11-20/h6-17,29H,5,18H2,1-4H3/b27-16-/t29-/m1/s1. The Morgan fingerprint density at radius 3 is 2.52 bits per heavy atom. The zero-order valence-electron chi connectivity index (χ0n) is 23.5. The largest absolute Gasteiger partial charge is 0.497 e. The van der Waals surface area contributed by atoms with Crippen LogP contribution in [0, 0.1) is 0 Å². The van der Waals surface area contributed by atoms with Crippen LogP contribution >= 0.6 is 22.9 Å². The number of benzene rings is 3. The van der Waals surface area contributed by atoms with Gasteiger partial charge in [0.2, 0.25) is 0 Å². The van der Waals surface area contributed by atoms with Gasteiger partial charge in [-0.15, -0.1) is 0 Å². The monoisotopic (exact) mass is 604 g/mol. The second-order valence-electron chi connectivity index (χ2n) is 9.36. The minimum Gasteiger partial charge on any atom is -0.497 e. The highest BCUT2D eigenvalue weighted by Gasteiger charge is 2.35. The van der Waals surface area contributed by atoms with Crippen molar-refractivity contribution in [1.82, 2.24) is 4.57 Å². The number of esters is 1. The molecule has 3 aromatic carbocycles. The van der Waals surface area contributed by atoms with E-state index in [-0.39, 0.29) is 17.7 Å². The number of para-hydroxylation sites is 1. The Kier molecular flexibility index (Phi) is 8.80. The lowest BCUT2D eigenvalue weighted by molar-refractivity contribution is -0.139. The molecule has 10 heteroatoms. The van der Waals surface area contributed by atoms with E-state index in [1.165, 1.54) is 23.0 Å². The highest BCUT2D eigenvalue weighted by atomic mass is 35.5. The zero-order valence-corrected chi connectivity index (χ0v) is 25.1. The van der Waals surface area contributed by atoms with Crippen molar-refractivity contribution in [3.05, 3.63) is 119 Å². The lowest BCUT2D eigenvalue weighted by Gasteiger charge is -2.26. The summed E-state index contributed by atoms with van der Waals surface area (Å²) in [6.07, 6.45) is 1.78. The van der Waals surface area contributed by atoms with E-state index in [1.807, 2.05) is 48.5 Å². The van der Waals surface area contributed by atoms with Crippen LogP contribution in [-0.2, 0) is 16.1 Å². The summed E-state index contributed by atoms with van der Waals surface area (Å²) in [5.74, 6) is 1.12. The van der Waals surface area contributed by atoms with E-state index in [1.54, 1.807) is 45.2 Å². The Morgan fingerprint density at radius 2 is 1.81 bits per heavy atom. The van der Waals surface area contributed by atoms with Gasteiger partial charge in [0, 0.05) is 22.2 Å². The summed E-state index contributed by atoms with van der Waals surface area (Å²) in [4.78, 5) is 32.4. The summed E-state index contributed by atoms with van der Waals surface area (Å²) in [5, 5.41) is 0.654. The number of hydrogen-bond acceptors (Lipinski definition) is 8. The fraction of sp³-hybridized carbons (Fsp3) is 0.219. The minimum atomic E-state index is -0.820. The Hall–Kier alpha value is -4.34. The van der Waals surface area contributed by atoms with Crippen molar-refractivity contribution in [3.63, 3.8) is 0 Å². The smallest absolute Gasteiger partial charge is 0.338 e. The van der Waals surface area contributed by atoms with E-state index in [9.17, 15) is 9.59 Å². The second-order valence-corrected chi connectivity index (χ2v) is 10.8. The van der Waals surface area contributed by atoms with Crippen molar-refractivity contribution in [3.8, 4) is 17.2 Å². The van der Waals surface area contributed by atoms with Gasteiger partial charge in [0.15, 0.2) is 4.80 Å². The first-order chi connectivity index (χ1) is 20.3. The number of carbonyl (C=O) groups excluding carboxylic acids is 1. The Labute approximate surface area is 251 Å². The molecule has 0 unspecified atom stereocenters. The number of halogens is 1. The predicted octanol–water partition coefficient (Wildman–Crippen LogP) is 5.05. The molecule has 42 heavy (non-hydrogen) atoms. The number of hydrogen-bond donors (Lipinski definition) is 0. The summed E-state index contributed by atoms with van der Waals surface area (Å²) >= 11 is 7.25. The van der Waals surface area contributed by atoms with Gasteiger partial charge >= 0.3 is 5.97 Å². The van der Waals surface area contributed by atoms with Gasteiger partial charge < -0.3 is 18.9 Å². The first kappa shape index (κ1) is 29.2. The number of carbonyl (C=O) groups is 1. The number of ether oxygens (including phenoxy) is 4. The molecule has 0 saturated heterocycles. The molecule has 0 fully saturated rings. The molecule has 1 aliphatic heterocycles. The van der Waals surface area contributed by atoms with Crippen molar-refractivity contribution < 1.29 is 23.7 Å². The number of aromatic nitrogens is 1. The van der Waals surface area contributed by atoms with Crippen LogP contribution in [0.5, 0.6) is 17.2 Å². The molecule has 1 aliphatic rings. The van der Waals surface area contributed by atoms with Crippen LogP contribution in [0.4, 0.5) is 0 Å². The number of thiazole rings is 1. The van der Waals surface area contributed by atoms with Crippen molar-refractivity contribution in [2.45, 2.75) is 26.5 Å². The maximum atomic E-state index is 14.1. The van der Waals surface area contributed by atoms with Gasteiger partial charge in [0.05, 0.1) is 36.6 Å². The van der Waals surface area contributed by atoms with Gasteiger partial charge in [-0.3, -0.25) is 9.36 Å². The molecule has 0 aliphatic carbocycles. The SMILES string of the molecule is CCOC(=O)C1=C(C)N=c2s/c(=C\c3ccccc3OCc3ccc(Cl)cc3)c(=O)n2[C@@H]1c1ccc(OC)cc1OC. The lowest BCUT2D eigenvalue weighted by atomic mass is 9.95. The molecule has 2 heterocycles. The normalized spacial score (nSPS) is 14.7. The topological polar surface area (TPSA) is 88.4 Å². The molecular weight excluding hydrogens is 576 g/mol. The fourth-order valence-corrected chi connectivity index (χ4v) is 5.91. The third-order valence-corrected chi connectivity index (χ3v) is 8.00. The molecule has 4 aromatic rings. The number of rotatable bonds is 9. The fourth-order valence-electron chi connectivity index (χ4n) is 4.74. The minimum absolute atomic E-state index is 0.180. The molecule has 0 amide bonds. The van der Waals surface area contributed by atoms with E-state index in [4.69, 9.17) is 30.5 Å². The molecule has 0 radical (unpaired) electrons.